The van der Waals surface area contributed by atoms with Crippen molar-refractivity contribution < 1.29 is 9.18 Å². The summed E-state index contributed by atoms with van der Waals surface area (Å²) < 4.78 is 15.1. The Hall–Kier alpha value is -2.21. The quantitative estimate of drug-likeness (QED) is 0.596. The lowest BCUT2D eigenvalue weighted by molar-refractivity contribution is 0.0695. The van der Waals surface area contributed by atoms with E-state index in [1.54, 1.807) is 12.1 Å². The van der Waals surface area contributed by atoms with Crippen molar-refractivity contribution in [2.45, 2.75) is 45.2 Å². The topological polar surface area (TPSA) is 38.1 Å². The van der Waals surface area contributed by atoms with Gasteiger partial charge in [-0.25, -0.2) is 4.39 Å². The summed E-state index contributed by atoms with van der Waals surface area (Å²) >= 11 is 1.52. The number of thiophene rings is 1. The number of rotatable bonds is 6. The molecule has 1 aromatic carbocycles. The molecule has 2 aliphatic carbocycles. The van der Waals surface area contributed by atoms with Crippen LogP contribution in [0.15, 0.2) is 30.3 Å². The Balaban J connectivity index is 1.42. The number of halogens is 1. The van der Waals surface area contributed by atoms with Crippen LogP contribution >= 0.6 is 11.3 Å². The van der Waals surface area contributed by atoms with Gasteiger partial charge in [-0.3, -0.25) is 9.48 Å². The summed E-state index contributed by atoms with van der Waals surface area (Å²) in [4.78, 5) is 17.0. The normalized spacial score (nSPS) is 16.9. The molecule has 2 aromatic heterocycles. The van der Waals surface area contributed by atoms with E-state index in [2.05, 4.69) is 5.10 Å². The van der Waals surface area contributed by atoms with E-state index in [1.165, 1.54) is 49.2 Å². The minimum absolute atomic E-state index is 0.137. The maximum absolute atomic E-state index is 13.2. The molecule has 146 valence electrons. The van der Waals surface area contributed by atoms with E-state index in [4.69, 9.17) is 0 Å². The molecule has 2 saturated carbocycles. The lowest BCUT2D eigenvalue weighted by Gasteiger charge is -2.28. The third-order valence-electron chi connectivity index (χ3n) is 6.04. The van der Waals surface area contributed by atoms with Crippen LogP contribution in [0.25, 0.3) is 10.2 Å². The highest BCUT2D eigenvalue weighted by atomic mass is 32.1. The maximum Gasteiger partial charge on any atom is 0.264 e. The molecular formula is C22H24FN3OS. The predicted octanol–water partition coefficient (Wildman–Crippen LogP) is 4.85. The van der Waals surface area contributed by atoms with E-state index in [1.807, 2.05) is 29.6 Å². The molecule has 2 heterocycles. The third kappa shape index (κ3) is 3.24. The second-order valence-corrected chi connectivity index (χ2v) is 9.31. The number of amides is 1. The number of aryl methyl sites for hydroxylation is 1. The molecule has 0 radical (unpaired) electrons. The van der Waals surface area contributed by atoms with Crippen molar-refractivity contribution in [3.05, 3.63) is 52.3 Å². The lowest BCUT2D eigenvalue weighted by Crippen LogP contribution is -2.39. The lowest BCUT2D eigenvalue weighted by atomic mass is 10.1. The van der Waals surface area contributed by atoms with Crippen LogP contribution in [0.1, 0.15) is 46.6 Å². The second kappa shape index (κ2) is 6.69. The third-order valence-corrected chi connectivity index (χ3v) is 7.18. The second-order valence-electron chi connectivity index (χ2n) is 8.28. The summed E-state index contributed by atoms with van der Waals surface area (Å²) in [5.74, 6) is 1.30. The van der Waals surface area contributed by atoms with Crippen LogP contribution in [0.5, 0.6) is 0 Å². The monoisotopic (exact) mass is 397 g/mol. The molecule has 0 N–H and O–H groups in total. The SMILES string of the molecule is Cc1nn(Cc2ccc(F)cc2)c2sc(C(=O)N(C)C(C3CC3)C3CC3)cc12. The van der Waals surface area contributed by atoms with Gasteiger partial charge in [0.05, 0.1) is 17.1 Å². The van der Waals surface area contributed by atoms with Crippen LogP contribution in [0.3, 0.4) is 0 Å². The van der Waals surface area contributed by atoms with Gasteiger partial charge < -0.3 is 4.90 Å². The number of hydrogen-bond donors (Lipinski definition) is 0. The van der Waals surface area contributed by atoms with Crippen molar-refractivity contribution in [1.29, 1.82) is 0 Å². The number of fused-ring (bicyclic) bond motifs is 1. The molecule has 2 fully saturated rings. The van der Waals surface area contributed by atoms with Gasteiger partial charge in [0.2, 0.25) is 0 Å². The van der Waals surface area contributed by atoms with E-state index in [0.717, 1.165) is 26.4 Å². The highest BCUT2D eigenvalue weighted by Gasteiger charge is 2.45. The van der Waals surface area contributed by atoms with Gasteiger partial charge in [-0.05, 0) is 68.2 Å². The molecular weight excluding hydrogens is 373 g/mol. The molecule has 28 heavy (non-hydrogen) atoms. The summed E-state index contributed by atoms with van der Waals surface area (Å²) in [7, 11) is 1.98. The van der Waals surface area contributed by atoms with Crippen LogP contribution in [0.2, 0.25) is 0 Å². The number of hydrogen-bond acceptors (Lipinski definition) is 3. The average molecular weight is 398 g/mol. The van der Waals surface area contributed by atoms with Crippen molar-refractivity contribution >= 4 is 27.5 Å². The maximum atomic E-state index is 13.2. The standard InChI is InChI=1S/C22H24FN3OS/c1-13-18-11-19(21(27)25(2)20(15-5-6-15)16-7-8-16)28-22(18)26(24-13)12-14-3-9-17(23)10-4-14/h3-4,9-11,15-16,20H,5-8,12H2,1-2H3. The minimum Gasteiger partial charge on any atom is -0.337 e. The van der Waals surface area contributed by atoms with E-state index >= 15 is 0 Å². The Kier molecular flexibility index (Phi) is 4.27. The predicted molar refractivity (Wildman–Crippen MR) is 109 cm³/mol. The fourth-order valence-corrected chi connectivity index (χ4v) is 5.43. The van der Waals surface area contributed by atoms with E-state index in [0.29, 0.717) is 24.4 Å². The van der Waals surface area contributed by atoms with Gasteiger partial charge in [0.1, 0.15) is 10.6 Å². The summed E-state index contributed by atoms with van der Waals surface area (Å²) in [5, 5.41) is 5.67. The van der Waals surface area contributed by atoms with Crippen molar-refractivity contribution in [2.24, 2.45) is 11.8 Å². The van der Waals surface area contributed by atoms with Gasteiger partial charge in [0.25, 0.3) is 5.91 Å². The van der Waals surface area contributed by atoms with E-state index < -0.39 is 0 Å². The molecule has 0 unspecified atom stereocenters. The molecule has 6 heteroatoms. The van der Waals surface area contributed by atoms with Crippen LogP contribution in [-0.2, 0) is 6.54 Å². The van der Waals surface area contributed by atoms with Gasteiger partial charge in [-0.1, -0.05) is 12.1 Å². The molecule has 0 atom stereocenters. The fraction of sp³-hybridized carbons (Fsp3) is 0.455. The molecule has 4 nitrogen and oxygen atoms in total. The van der Waals surface area contributed by atoms with Gasteiger partial charge in [-0.2, -0.15) is 5.10 Å². The number of carbonyl (C=O) groups is 1. The average Bonchev–Trinajstić information content (AvgIpc) is 3.61. The smallest absolute Gasteiger partial charge is 0.264 e. The Morgan fingerprint density at radius 2 is 1.89 bits per heavy atom. The van der Waals surface area contributed by atoms with E-state index in [9.17, 15) is 9.18 Å². The zero-order chi connectivity index (χ0) is 19.4. The first-order chi connectivity index (χ1) is 13.5. The Labute approximate surface area is 168 Å². The van der Waals surface area contributed by atoms with Crippen LogP contribution < -0.4 is 0 Å². The molecule has 2 aliphatic rings. The zero-order valence-electron chi connectivity index (χ0n) is 16.2. The molecule has 3 aromatic rings. The van der Waals surface area contributed by atoms with E-state index in [-0.39, 0.29) is 11.7 Å². The van der Waals surface area contributed by atoms with Crippen molar-refractivity contribution in [1.82, 2.24) is 14.7 Å². The first-order valence-corrected chi connectivity index (χ1v) is 10.8. The molecule has 1 amide bonds. The Bertz CT molecular complexity index is 1020. The van der Waals surface area contributed by atoms with Crippen molar-refractivity contribution in [3.8, 4) is 0 Å². The molecule has 0 bridgehead atoms. The van der Waals surface area contributed by atoms with Crippen LogP contribution in [0.4, 0.5) is 4.39 Å². The highest BCUT2D eigenvalue weighted by molar-refractivity contribution is 7.20. The highest BCUT2D eigenvalue weighted by Crippen LogP contribution is 2.47. The van der Waals surface area contributed by atoms with Crippen molar-refractivity contribution in [3.63, 3.8) is 0 Å². The zero-order valence-corrected chi connectivity index (χ0v) is 17.0. The van der Waals surface area contributed by atoms with Gasteiger partial charge >= 0.3 is 0 Å². The van der Waals surface area contributed by atoms with Crippen LogP contribution in [0, 0.1) is 24.6 Å². The first-order valence-electron chi connectivity index (χ1n) is 10.00. The van der Waals surface area contributed by atoms with Gasteiger partial charge in [-0.15, -0.1) is 11.3 Å². The molecule has 0 spiro atoms. The molecule has 0 saturated heterocycles. The summed E-state index contributed by atoms with van der Waals surface area (Å²) in [5.41, 5.74) is 1.92. The first kappa shape index (κ1) is 17.9. The summed E-state index contributed by atoms with van der Waals surface area (Å²) in [6.07, 6.45) is 5.04. The van der Waals surface area contributed by atoms with Gasteiger partial charge in [0.15, 0.2) is 0 Å². The fourth-order valence-electron chi connectivity index (χ4n) is 4.29. The minimum atomic E-state index is -0.238. The Morgan fingerprint density at radius 1 is 1.25 bits per heavy atom. The number of nitrogens with zero attached hydrogens (tertiary/aromatic N) is 3. The molecule has 5 rings (SSSR count). The van der Waals surface area contributed by atoms with Crippen LogP contribution in [-0.4, -0.2) is 33.7 Å². The Morgan fingerprint density at radius 3 is 2.50 bits per heavy atom. The number of carbonyl (C=O) groups excluding carboxylic acids is 1. The largest absolute Gasteiger partial charge is 0.337 e. The number of benzene rings is 1. The number of aromatic nitrogens is 2. The summed E-state index contributed by atoms with van der Waals surface area (Å²) in [6, 6.07) is 8.91. The van der Waals surface area contributed by atoms with Crippen molar-refractivity contribution in [2.75, 3.05) is 7.05 Å². The van der Waals surface area contributed by atoms with Gasteiger partial charge in [0, 0.05) is 18.5 Å². The summed E-state index contributed by atoms with van der Waals surface area (Å²) in [6.45, 7) is 2.55. The molecule has 0 aliphatic heterocycles.